The van der Waals surface area contributed by atoms with Gasteiger partial charge in [-0.1, -0.05) is 51.1 Å². The van der Waals surface area contributed by atoms with Gasteiger partial charge in [-0.25, -0.2) is 4.98 Å². The van der Waals surface area contributed by atoms with Crippen LogP contribution in [0.15, 0.2) is 71.8 Å². The second-order valence-electron chi connectivity index (χ2n) is 7.55. The average Bonchev–Trinajstić information content (AvgIpc) is 3.17. The molecule has 0 bridgehead atoms. The van der Waals surface area contributed by atoms with Gasteiger partial charge in [0.2, 0.25) is 0 Å². The smallest absolute Gasteiger partial charge is 0.261 e. The third-order valence-corrected chi connectivity index (χ3v) is 5.69. The van der Waals surface area contributed by atoms with Crippen molar-refractivity contribution in [3.05, 3.63) is 82.9 Å². The van der Waals surface area contributed by atoms with Crippen LogP contribution < -0.4 is 10.3 Å². The van der Waals surface area contributed by atoms with Gasteiger partial charge in [-0.2, -0.15) is 0 Å². The van der Waals surface area contributed by atoms with Gasteiger partial charge in [0.05, 0.1) is 36.4 Å². The van der Waals surface area contributed by atoms with Crippen LogP contribution in [0.1, 0.15) is 32.8 Å². The fourth-order valence-electron chi connectivity index (χ4n) is 4.27. The Labute approximate surface area is 187 Å². The standard InChI is InChI=1S/C25H23N3O2.C2H6/c1-3-14-28-21-7-5-4-6-19(21)23-22(28)13-12-20-24(23)26-16-27(25(20)29)15-17-8-10-18(30-2)11-9-17;1-2/h4-13,16H,3,14-15H2,1-2H3;1-2H3. The molecule has 0 amide bonds. The first-order chi connectivity index (χ1) is 15.7. The third kappa shape index (κ3) is 3.64. The zero-order valence-corrected chi connectivity index (χ0v) is 19.1. The van der Waals surface area contributed by atoms with Crippen LogP contribution >= 0.6 is 0 Å². The molecule has 0 saturated heterocycles. The van der Waals surface area contributed by atoms with Crippen LogP contribution in [-0.2, 0) is 13.1 Å². The molecule has 0 unspecified atom stereocenters. The Kier molecular flexibility index (Phi) is 6.26. The van der Waals surface area contributed by atoms with E-state index in [0.29, 0.717) is 11.9 Å². The molecule has 5 heteroatoms. The lowest BCUT2D eigenvalue weighted by atomic mass is 10.1. The summed E-state index contributed by atoms with van der Waals surface area (Å²) in [5.74, 6) is 0.800. The highest BCUT2D eigenvalue weighted by Gasteiger charge is 2.15. The molecule has 32 heavy (non-hydrogen) atoms. The molecule has 5 nitrogen and oxygen atoms in total. The number of hydrogen-bond acceptors (Lipinski definition) is 3. The Balaban J connectivity index is 0.00000119. The Hall–Kier alpha value is -3.60. The van der Waals surface area contributed by atoms with E-state index < -0.39 is 0 Å². The van der Waals surface area contributed by atoms with Gasteiger partial charge in [0.15, 0.2) is 0 Å². The van der Waals surface area contributed by atoms with Crippen molar-refractivity contribution in [3.8, 4) is 5.75 Å². The molecule has 0 N–H and O–H groups in total. The lowest BCUT2D eigenvalue weighted by molar-refractivity contribution is 0.414. The van der Waals surface area contributed by atoms with Gasteiger partial charge < -0.3 is 9.30 Å². The van der Waals surface area contributed by atoms with Crippen LogP contribution in [0.5, 0.6) is 5.75 Å². The number of nitrogens with zero attached hydrogens (tertiary/aromatic N) is 3. The molecule has 164 valence electrons. The summed E-state index contributed by atoms with van der Waals surface area (Å²) < 4.78 is 9.21. The van der Waals surface area contributed by atoms with Gasteiger partial charge in [-0.05, 0) is 42.3 Å². The van der Waals surface area contributed by atoms with E-state index in [-0.39, 0.29) is 5.56 Å². The molecule has 5 aromatic rings. The molecule has 3 aromatic carbocycles. The lowest BCUT2D eigenvalue weighted by Gasteiger charge is -2.09. The Morgan fingerprint density at radius 3 is 2.38 bits per heavy atom. The topological polar surface area (TPSA) is 49.0 Å². The third-order valence-electron chi connectivity index (χ3n) is 5.69. The number of benzene rings is 3. The van der Waals surface area contributed by atoms with E-state index >= 15 is 0 Å². The monoisotopic (exact) mass is 427 g/mol. The van der Waals surface area contributed by atoms with Crippen molar-refractivity contribution in [1.29, 1.82) is 0 Å². The number of hydrogen-bond donors (Lipinski definition) is 0. The summed E-state index contributed by atoms with van der Waals surface area (Å²) in [4.78, 5) is 18.0. The summed E-state index contributed by atoms with van der Waals surface area (Å²) in [6.07, 6.45) is 2.71. The molecule has 0 aliphatic heterocycles. The fourth-order valence-corrected chi connectivity index (χ4v) is 4.27. The van der Waals surface area contributed by atoms with Crippen molar-refractivity contribution < 1.29 is 4.74 Å². The summed E-state index contributed by atoms with van der Waals surface area (Å²) in [6, 6.07) is 20.1. The van der Waals surface area contributed by atoms with Crippen molar-refractivity contribution in [3.63, 3.8) is 0 Å². The van der Waals surface area contributed by atoms with E-state index in [0.717, 1.165) is 46.1 Å². The van der Waals surface area contributed by atoms with E-state index in [1.165, 1.54) is 5.52 Å². The van der Waals surface area contributed by atoms with Gasteiger partial charge >= 0.3 is 0 Å². The summed E-state index contributed by atoms with van der Waals surface area (Å²) in [5.41, 5.74) is 4.09. The predicted octanol–water partition coefficient (Wildman–Crippen LogP) is 6.00. The van der Waals surface area contributed by atoms with Crippen LogP contribution in [0.2, 0.25) is 0 Å². The number of para-hydroxylation sites is 1. The minimum atomic E-state index is -0.0231. The second-order valence-corrected chi connectivity index (χ2v) is 7.55. The Morgan fingerprint density at radius 2 is 1.66 bits per heavy atom. The lowest BCUT2D eigenvalue weighted by Crippen LogP contribution is -2.21. The molecule has 2 heterocycles. The van der Waals surface area contributed by atoms with Crippen molar-refractivity contribution >= 4 is 32.7 Å². The highest BCUT2D eigenvalue weighted by Crippen LogP contribution is 2.33. The molecule has 5 rings (SSSR count). The van der Waals surface area contributed by atoms with Gasteiger partial charge in [-0.15, -0.1) is 0 Å². The van der Waals surface area contributed by atoms with Gasteiger partial charge in [0.25, 0.3) is 5.56 Å². The highest BCUT2D eigenvalue weighted by atomic mass is 16.5. The van der Waals surface area contributed by atoms with Crippen LogP contribution in [0.4, 0.5) is 0 Å². The SMILES string of the molecule is CC.CCCn1c2ccccc2c2c3ncn(Cc4ccc(OC)cc4)c(=O)c3ccc21. The molecule has 0 aliphatic rings. The second kappa shape index (κ2) is 9.27. The average molecular weight is 428 g/mol. The molecular weight excluding hydrogens is 398 g/mol. The van der Waals surface area contributed by atoms with E-state index in [4.69, 9.17) is 9.72 Å². The largest absolute Gasteiger partial charge is 0.497 e. The number of aromatic nitrogens is 3. The van der Waals surface area contributed by atoms with Crippen LogP contribution in [-0.4, -0.2) is 21.2 Å². The predicted molar refractivity (Wildman–Crippen MR) is 133 cm³/mol. The first-order valence-electron chi connectivity index (χ1n) is 11.2. The maximum atomic E-state index is 13.3. The minimum absolute atomic E-state index is 0.0231. The number of ether oxygens (including phenoxy) is 1. The quantitative estimate of drug-likeness (QED) is 0.346. The van der Waals surface area contributed by atoms with Crippen LogP contribution in [0.3, 0.4) is 0 Å². The van der Waals surface area contributed by atoms with Gasteiger partial charge in [-0.3, -0.25) is 9.36 Å². The minimum Gasteiger partial charge on any atom is -0.497 e. The summed E-state index contributed by atoms with van der Waals surface area (Å²) in [5, 5.41) is 2.86. The van der Waals surface area contributed by atoms with E-state index in [1.54, 1.807) is 18.0 Å². The van der Waals surface area contributed by atoms with Crippen molar-refractivity contribution in [2.24, 2.45) is 0 Å². The number of methoxy groups -OCH3 is 1. The number of aryl methyl sites for hydroxylation is 1. The Morgan fingerprint density at radius 1 is 0.906 bits per heavy atom. The van der Waals surface area contributed by atoms with E-state index in [9.17, 15) is 4.79 Å². The maximum Gasteiger partial charge on any atom is 0.261 e. The first-order valence-corrected chi connectivity index (χ1v) is 11.2. The molecule has 0 spiro atoms. The fraction of sp³-hybridized carbons (Fsp3) is 0.259. The maximum absolute atomic E-state index is 13.3. The molecule has 0 atom stereocenters. The zero-order chi connectivity index (χ0) is 22.7. The number of rotatable bonds is 5. The number of fused-ring (bicyclic) bond motifs is 5. The van der Waals surface area contributed by atoms with Crippen molar-refractivity contribution in [1.82, 2.24) is 14.1 Å². The molecule has 0 fully saturated rings. The zero-order valence-electron chi connectivity index (χ0n) is 19.1. The summed E-state index contributed by atoms with van der Waals surface area (Å²) >= 11 is 0. The van der Waals surface area contributed by atoms with E-state index in [1.807, 2.05) is 50.2 Å². The molecule has 0 saturated carbocycles. The molecule has 2 aromatic heterocycles. The van der Waals surface area contributed by atoms with Gasteiger partial charge in [0.1, 0.15) is 5.75 Å². The van der Waals surface area contributed by atoms with Crippen molar-refractivity contribution in [2.75, 3.05) is 7.11 Å². The van der Waals surface area contributed by atoms with Crippen LogP contribution in [0, 0.1) is 0 Å². The highest BCUT2D eigenvalue weighted by molar-refractivity contribution is 6.19. The van der Waals surface area contributed by atoms with Crippen molar-refractivity contribution in [2.45, 2.75) is 40.3 Å². The van der Waals surface area contributed by atoms with Gasteiger partial charge in [0, 0.05) is 22.8 Å². The molecular formula is C27H29N3O2. The van der Waals surface area contributed by atoms with Crippen LogP contribution in [0.25, 0.3) is 32.7 Å². The normalized spacial score (nSPS) is 11.0. The summed E-state index contributed by atoms with van der Waals surface area (Å²) in [7, 11) is 1.64. The Bertz CT molecular complexity index is 1430. The molecule has 0 aliphatic carbocycles. The van der Waals surface area contributed by atoms with E-state index in [2.05, 4.69) is 35.8 Å². The summed E-state index contributed by atoms with van der Waals surface area (Å²) in [6.45, 7) is 7.59. The first kappa shape index (κ1) is 21.6. The molecule has 0 radical (unpaired) electrons.